The Hall–Kier alpha value is -4.21. The number of nitrogens with one attached hydrogen (secondary N) is 1. The standard InChI is InChI=1S/C33H36N6O2S/c1-22-30(39-17-14-25(20-29(39)35-22)41-19-18-38(2)3)28-21-42-32(37-28)33(15-6-7-16-33)24-12-10-23(11-13-24)31(40)36-27-9-5-4-8-26(27)34/h4-5,8-14,17,20-21H,6-7,15-16,18-19,34H2,1-3H3,(H,36,40). The van der Waals surface area contributed by atoms with Crippen LogP contribution in [-0.2, 0) is 5.41 Å². The Labute approximate surface area is 250 Å². The minimum Gasteiger partial charge on any atom is -0.492 e. The SMILES string of the molecule is Cc1nc2cc(OCCN(C)C)ccn2c1-c1csc(C2(c3ccc(C(=O)Nc4ccccc4N)cc3)CCCC2)n1. The summed E-state index contributed by atoms with van der Waals surface area (Å²) < 4.78 is 8.03. The summed E-state index contributed by atoms with van der Waals surface area (Å²) in [6.07, 6.45) is 6.38. The van der Waals surface area contributed by atoms with Crippen molar-refractivity contribution in [2.45, 2.75) is 38.0 Å². The minimum atomic E-state index is -0.175. The van der Waals surface area contributed by atoms with Crippen LogP contribution < -0.4 is 15.8 Å². The number of aromatic nitrogens is 3. The first-order chi connectivity index (χ1) is 20.3. The fraction of sp³-hybridized carbons (Fsp3) is 0.303. The van der Waals surface area contributed by atoms with Gasteiger partial charge in [0, 0.05) is 35.2 Å². The number of carbonyl (C=O) groups excluding carboxylic acids is 1. The molecule has 0 aliphatic heterocycles. The lowest BCUT2D eigenvalue weighted by atomic mass is 9.79. The molecule has 1 saturated carbocycles. The van der Waals surface area contributed by atoms with E-state index < -0.39 is 0 Å². The average molecular weight is 581 g/mol. The number of benzene rings is 2. The van der Waals surface area contributed by atoms with Crippen molar-refractivity contribution in [2.75, 3.05) is 38.3 Å². The number of imidazole rings is 1. The van der Waals surface area contributed by atoms with Crippen LogP contribution in [-0.4, -0.2) is 52.4 Å². The van der Waals surface area contributed by atoms with Crippen molar-refractivity contribution in [1.82, 2.24) is 19.3 Å². The van der Waals surface area contributed by atoms with E-state index in [-0.39, 0.29) is 11.3 Å². The molecule has 0 bridgehead atoms. The molecule has 0 saturated heterocycles. The maximum atomic E-state index is 12.9. The fourth-order valence-electron chi connectivity index (χ4n) is 5.84. The van der Waals surface area contributed by atoms with Crippen LogP contribution in [0.5, 0.6) is 5.75 Å². The maximum absolute atomic E-state index is 12.9. The summed E-state index contributed by atoms with van der Waals surface area (Å²) in [6.45, 7) is 3.51. The normalized spacial score (nSPS) is 14.5. The lowest BCUT2D eigenvalue weighted by molar-refractivity contribution is 0.102. The molecule has 0 spiro atoms. The summed E-state index contributed by atoms with van der Waals surface area (Å²) in [7, 11) is 4.07. The first kappa shape index (κ1) is 27.9. The highest BCUT2D eigenvalue weighted by atomic mass is 32.1. The second-order valence-corrected chi connectivity index (χ2v) is 12.1. The minimum absolute atomic E-state index is 0.163. The molecule has 0 radical (unpaired) electrons. The molecule has 5 aromatic rings. The third-order valence-electron chi connectivity index (χ3n) is 8.10. The highest BCUT2D eigenvalue weighted by molar-refractivity contribution is 7.10. The Kier molecular flexibility index (Phi) is 7.70. The van der Waals surface area contributed by atoms with Gasteiger partial charge in [0.1, 0.15) is 28.7 Å². The van der Waals surface area contributed by atoms with Crippen LogP contribution in [0.1, 0.15) is 52.3 Å². The van der Waals surface area contributed by atoms with Crippen molar-refractivity contribution in [3.8, 4) is 17.1 Å². The van der Waals surface area contributed by atoms with Crippen molar-refractivity contribution in [3.63, 3.8) is 0 Å². The predicted octanol–water partition coefficient (Wildman–Crippen LogP) is 6.40. The van der Waals surface area contributed by atoms with Gasteiger partial charge in [0.15, 0.2) is 0 Å². The molecule has 3 aromatic heterocycles. The number of pyridine rings is 1. The number of hydrogen-bond donors (Lipinski definition) is 2. The summed E-state index contributed by atoms with van der Waals surface area (Å²) in [5.74, 6) is 0.639. The van der Waals surface area contributed by atoms with Crippen LogP contribution in [0.3, 0.4) is 0 Å². The number of nitrogen functional groups attached to an aromatic ring is 1. The highest BCUT2D eigenvalue weighted by Crippen LogP contribution is 2.48. The van der Waals surface area contributed by atoms with Crippen LogP contribution in [0.4, 0.5) is 11.4 Å². The molecule has 3 heterocycles. The number of nitrogens with two attached hydrogens (primary N) is 1. The van der Waals surface area contributed by atoms with Gasteiger partial charge in [-0.3, -0.25) is 9.20 Å². The number of aryl methyl sites for hydroxylation is 1. The molecular formula is C33H36N6O2S. The second kappa shape index (κ2) is 11.6. The van der Waals surface area contributed by atoms with Gasteiger partial charge < -0.3 is 20.7 Å². The third-order valence-corrected chi connectivity index (χ3v) is 9.15. The van der Waals surface area contributed by atoms with E-state index in [1.165, 1.54) is 5.56 Å². The number of nitrogens with zero attached hydrogens (tertiary/aromatic N) is 4. The molecule has 6 rings (SSSR count). The largest absolute Gasteiger partial charge is 0.492 e. The van der Waals surface area contributed by atoms with E-state index in [2.05, 4.69) is 32.1 Å². The van der Waals surface area contributed by atoms with Crippen LogP contribution in [0.25, 0.3) is 17.0 Å². The summed E-state index contributed by atoms with van der Waals surface area (Å²) in [4.78, 5) is 25.1. The number of anilines is 2. The molecule has 0 atom stereocenters. The van der Waals surface area contributed by atoms with Crippen molar-refractivity contribution in [2.24, 2.45) is 0 Å². The smallest absolute Gasteiger partial charge is 0.255 e. The Bertz CT molecular complexity index is 1720. The number of hydrogen-bond acceptors (Lipinski definition) is 7. The number of para-hydroxylation sites is 2. The molecule has 3 N–H and O–H groups in total. The van der Waals surface area contributed by atoms with E-state index in [9.17, 15) is 4.79 Å². The number of thiazole rings is 1. The Morgan fingerprint density at radius 2 is 1.86 bits per heavy atom. The lowest BCUT2D eigenvalue weighted by Gasteiger charge is -2.27. The molecule has 1 aliphatic rings. The average Bonchev–Trinajstić information content (AvgIpc) is 3.73. The van der Waals surface area contributed by atoms with Gasteiger partial charge in [0.2, 0.25) is 0 Å². The molecule has 1 fully saturated rings. The number of likely N-dealkylation sites (N-methyl/N-ethyl adjacent to an activating group) is 1. The Morgan fingerprint density at radius 1 is 1.10 bits per heavy atom. The van der Waals surface area contributed by atoms with Gasteiger partial charge in [-0.25, -0.2) is 9.97 Å². The van der Waals surface area contributed by atoms with Gasteiger partial charge in [-0.2, -0.15) is 0 Å². The number of ether oxygens (including phenoxy) is 1. The molecule has 0 unspecified atom stereocenters. The molecule has 216 valence electrons. The van der Waals surface area contributed by atoms with Gasteiger partial charge in [-0.15, -0.1) is 11.3 Å². The highest BCUT2D eigenvalue weighted by Gasteiger charge is 2.40. The summed E-state index contributed by atoms with van der Waals surface area (Å²) in [5, 5.41) is 6.19. The molecule has 2 aromatic carbocycles. The number of amides is 1. The van der Waals surface area contributed by atoms with E-state index in [1.807, 2.05) is 63.6 Å². The van der Waals surface area contributed by atoms with Gasteiger partial charge in [-0.1, -0.05) is 37.1 Å². The fourth-order valence-corrected chi connectivity index (χ4v) is 6.93. The van der Waals surface area contributed by atoms with Crippen LogP contribution in [0.2, 0.25) is 0 Å². The van der Waals surface area contributed by atoms with E-state index >= 15 is 0 Å². The van der Waals surface area contributed by atoms with E-state index in [4.69, 9.17) is 20.4 Å². The van der Waals surface area contributed by atoms with Crippen molar-refractivity contribution >= 4 is 34.3 Å². The molecule has 9 heteroatoms. The predicted molar refractivity (Wildman–Crippen MR) is 170 cm³/mol. The van der Waals surface area contributed by atoms with Crippen LogP contribution in [0.15, 0.2) is 72.2 Å². The van der Waals surface area contributed by atoms with E-state index in [1.54, 1.807) is 23.5 Å². The number of carbonyl (C=O) groups is 1. The molecule has 8 nitrogen and oxygen atoms in total. The van der Waals surface area contributed by atoms with Crippen LogP contribution >= 0.6 is 11.3 Å². The first-order valence-corrected chi connectivity index (χ1v) is 15.2. The van der Waals surface area contributed by atoms with Gasteiger partial charge in [0.25, 0.3) is 5.91 Å². The van der Waals surface area contributed by atoms with Crippen molar-refractivity contribution in [1.29, 1.82) is 0 Å². The Morgan fingerprint density at radius 3 is 2.60 bits per heavy atom. The zero-order valence-corrected chi connectivity index (χ0v) is 25.1. The Balaban J connectivity index is 1.26. The molecule has 42 heavy (non-hydrogen) atoms. The van der Waals surface area contributed by atoms with Crippen molar-refractivity contribution < 1.29 is 9.53 Å². The maximum Gasteiger partial charge on any atom is 0.255 e. The van der Waals surface area contributed by atoms with Gasteiger partial charge >= 0.3 is 0 Å². The van der Waals surface area contributed by atoms with Gasteiger partial charge in [0.05, 0.1) is 22.8 Å². The summed E-state index contributed by atoms with van der Waals surface area (Å²) in [6, 6.07) is 19.3. The van der Waals surface area contributed by atoms with E-state index in [0.29, 0.717) is 23.5 Å². The summed E-state index contributed by atoms with van der Waals surface area (Å²) >= 11 is 1.71. The quantitative estimate of drug-likeness (QED) is 0.196. The second-order valence-electron chi connectivity index (χ2n) is 11.2. The zero-order chi connectivity index (χ0) is 29.3. The molecular weight excluding hydrogens is 544 g/mol. The summed E-state index contributed by atoms with van der Waals surface area (Å²) in [5.41, 5.74) is 12.5. The van der Waals surface area contributed by atoms with Crippen molar-refractivity contribution in [3.05, 3.63) is 94.1 Å². The molecule has 1 aliphatic carbocycles. The first-order valence-electron chi connectivity index (χ1n) is 14.3. The van der Waals surface area contributed by atoms with Crippen LogP contribution in [0, 0.1) is 6.92 Å². The lowest BCUT2D eigenvalue weighted by Crippen LogP contribution is -2.24. The molecule has 1 amide bonds. The van der Waals surface area contributed by atoms with Gasteiger partial charge in [-0.05, 0) is 69.8 Å². The number of rotatable bonds is 9. The topological polar surface area (TPSA) is 97.8 Å². The van der Waals surface area contributed by atoms with E-state index in [0.717, 1.165) is 65.7 Å². The number of fused-ring (bicyclic) bond motifs is 1. The monoisotopic (exact) mass is 580 g/mol. The third kappa shape index (κ3) is 5.37. The zero-order valence-electron chi connectivity index (χ0n) is 24.3.